The summed E-state index contributed by atoms with van der Waals surface area (Å²) in [7, 11) is 1.75. The number of hydrogen-bond donors (Lipinski definition) is 1. The number of aryl methyl sites for hydroxylation is 2. The largest absolute Gasteiger partial charge is 0.361 e. The van der Waals surface area contributed by atoms with Crippen molar-refractivity contribution in [3.05, 3.63) is 88.8 Å². The monoisotopic (exact) mass is 391 g/mol. The topological polar surface area (TPSA) is 75.4 Å². The summed E-state index contributed by atoms with van der Waals surface area (Å²) >= 11 is 0. The summed E-state index contributed by atoms with van der Waals surface area (Å²) in [5.74, 6) is 0.423. The zero-order valence-corrected chi connectivity index (χ0v) is 16.9. The van der Waals surface area contributed by atoms with E-state index in [1.807, 2.05) is 62.4 Å². The summed E-state index contributed by atoms with van der Waals surface area (Å²) in [5, 5.41) is 6.94. The second kappa shape index (κ2) is 9.19. The van der Waals surface area contributed by atoms with E-state index < -0.39 is 6.04 Å². The van der Waals surface area contributed by atoms with Crippen LogP contribution in [0.4, 0.5) is 0 Å². The predicted octanol–water partition coefficient (Wildman–Crippen LogP) is 3.81. The fourth-order valence-electron chi connectivity index (χ4n) is 3.15. The van der Waals surface area contributed by atoms with Crippen molar-refractivity contribution in [1.82, 2.24) is 15.4 Å². The highest BCUT2D eigenvalue weighted by molar-refractivity contribution is 5.94. The molecule has 29 heavy (non-hydrogen) atoms. The Morgan fingerprint density at radius 3 is 2.24 bits per heavy atom. The van der Waals surface area contributed by atoms with Crippen LogP contribution < -0.4 is 5.32 Å². The molecule has 1 unspecified atom stereocenters. The minimum absolute atomic E-state index is 0.0767. The Morgan fingerprint density at radius 1 is 1.03 bits per heavy atom. The van der Waals surface area contributed by atoms with E-state index in [4.69, 9.17) is 4.52 Å². The Balaban J connectivity index is 1.74. The number of carbonyl (C=O) groups is 2. The van der Waals surface area contributed by atoms with E-state index in [0.717, 1.165) is 16.8 Å². The van der Waals surface area contributed by atoms with E-state index in [2.05, 4.69) is 10.5 Å². The zero-order valence-electron chi connectivity index (χ0n) is 16.9. The fraction of sp³-hybridized carbons (Fsp3) is 0.261. The summed E-state index contributed by atoms with van der Waals surface area (Å²) < 4.78 is 5.18. The Kier molecular flexibility index (Phi) is 6.44. The number of rotatable bonds is 7. The third kappa shape index (κ3) is 5.10. The van der Waals surface area contributed by atoms with Crippen molar-refractivity contribution < 1.29 is 14.1 Å². The van der Waals surface area contributed by atoms with Crippen LogP contribution in [0.1, 0.15) is 45.4 Å². The maximum absolute atomic E-state index is 12.9. The van der Waals surface area contributed by atoms with Crippen LogP contribution >= 0.6 is 0 Å². The molecule has 6 heteroatoms. The number of nitrogens with zero attached hydrogens (tertiary/aromatic N) is 2. The Labute approximate surface area is 170 Å². The van der Waals surface area contributed by atoms with E-state index in [-0.39, 0.29) is 18.2 Å². The van der Waals surface area contributed by atoms with Gasteiger partial charge in [0.25, 0.3) is 5.91 Å². The number of amides is 2. The van der Waals surface area contributed by atoms with Crippen molar-refractivity contribution in [2.75, 3.05) is 7.05 Å². The predicted molar refractivity (Wildman–Crippen MR) is 110 cm³/mol. The number of nitrogens with one attached hydrogen (secondary N) is 1. The summed E-state index contributed by atoms with van der Waals surface area (Å²) in [6.45, 7) is 4.10. The minimum Gasteiger partial charge on any atom is -0.361 e. The average molecular weight is 391 g/mol. The van der Waals surface area contributed by atoms with Crippen molar-refractivity contribution in [2.24, 2.45) is 0 Å². The molecule has 2 aromatic carbocycles. The van der Waals surface area contributed by atoms with Gasteiger partial charge < -0.3 is 14.7 Å². The van der Waals surface area contributed by atoms with Crippen molar-refractivity contribution in [3.63, 3.8) is 0 Å². The van der Waals surface area contributed by atoms with Crippen molar-refractivity contribution in [1.29, 1.82) is 0 Å². The van der Waals surface area contributed by atoms with Crippen LogP contribution in [-0.4, -0.2) is 28.9 Å². The number of carbonyl (C=O) groups excluding carboxylic acids is 2. The van der Waals surface area contributed by atoms with E-state index >= 15 is 0 Å². The van der Waals surface area contributed by atoms with Gasteiger partial charge in [0.05, 0.1) is 24.7 Å². The Bertz CT molecular complexity index is 948. The molecule has 3 aromatic rings. The van der Waals surface area contributed by atoms with Crippen LogP contribution in [0.2, 0.25) is 0 Å². The van der Waals surface area contributed by atoms with Crippen molar-refractivity contribution in [3.8, 4) is 0 Å². The molecule has 1 heterocycles. The third-order valence-electron chi connectivity index (χ3n) is 4.92. The van der Waals surface area contributed by atoms with Gasteiger partial charge >= 0.3 is 0 Å². The van der Waals surface area contributed by atoms with Crippen LogP contribution in [0.5, 0.6) is 0 Å². The van der Waals surface area contributed by atoms with Gasteiger partial charge in [-0.3, -0.25) is 9.59 Å². The van der Waals surface area contributed by atoms with Gasteiger partial charge in [-0.1, -0.05) is 53.7 Å². The molecule has 3 rings (SSSR count). The first-order valence-electron chi connectivity index (χ1n) is 9.52. The molecule has 0 aliphatic heterocycles. The molecular formula is C23H25N3O3. The lowest BCUT2D eigenvalue weighted by atomic mass is 10.0. The van der Waals surface area contributed by atoms with E-state index in [9.17, 15) is 9.59 Å². The van der Waals surface area contributed by atoms with E-state index in [1.165, 1.54) is 0 Å². The van der Waals surface area contributed by atoms with Gasteiger partial charge in [0.1, 0.15) is 5.76 Å². The molecule has 0 spiro atoms. The Hall–Kier alpha value is -3.41. The average Bonchev–Trinajstić information content (AvgIpc) is 3.06. The zero-order chi connectivity index (χ0) is 20.8. The van der Waals surface area contributed by atoms with Gasteiger partial charge in [0.15, 0.2) is 0 Å². The second-order valence-corrected chi connectivity index (χ2v) is 7.06. The number of aromatic nitrogens is 1. The molecule has 1 aromatic heterocycles. The van der Waals surface area contributed by atoms with Gasteiger partial charge in [0.2, 0.25) is 5.91 Å². The number of hydrogen-bond acceptors (Lipinski definition) is 4. The summed E-state index contributed by atoms with van der Waals surface area (Å²) in [6.07, 6.45) is 0.155. The minimum atomic E-state index is -0.427. The van der Waals surface area contributed by atoms with Gasteiger partial charge in [0, 0.05) is 18.2 Å². The smallest absolute Gasteiger partial charge is 0.251 e. The standard InChI is InChI=1S/C23H25N3O3/c1-16-20(17(2)29-25-16)15-26(3)22(27)14-21(18-10-6-4-7-11-18)24-23(28)19-12-8-5-9-13-19/h4-13,21H,14-15H2,1-3H3,(H,24,28). The van der Waals surface area contributed by atoms with Crippen LogP contribution in [0.3, 0.4) is 0 Å². The van der Waals surface area contributed by atoms with Gasteiger partial charge in [-0.25, -0.2) is 0 Å². The summed E-state index contributed by atoms with van der Waals surface area (Å²) in [5.41, 5.74) is 3.13. The molecule has 2 amide bonds. The molecule has 0 aliphatic rings. The molecule has 0 radical (unpaired) electrons. The SMILES string of the molecule is Cc1noc(C)c1CN(C)C(=O)CC(NC(=O)c1ccccc1)c1ccccc1. The van der Waals surface area contributed by atoms with Crippen LogP contribution in [0.15, 0.2) is 65.2 Å². The maximum Gasteiger partial charge on any atom is 0.251 e. The maximum atomic E-state index is 12.9. The number of benzene rings is 2. The first-order valence-corrected chi connectivity index (χ1v) is 9.52. The quantitative estimate of drug-likeness (QED) is 0.664. The van der Waals surface area contributed by atoms with Crippen molar-refractivity contribution in [2.45, 2.75) is 32.9 Å². The molecule has 0 fully saturated rings. The van der Waals surface area contributed by atoms with Gasteiger partial charge in [-0.15, -0.1) is 0 Å². The molecule has 0 aliphatic carbocycles. The molecule has 150 valence electrons. The molecule has 1 N–H and O–H groups in total. The first-order chi connectivity index (χ1) is 14.0. The molecule has 0 saturated heterocycles. The lowest BCUT2D eigenvalue weighted by Gasteiger charge is -2.23. The first kappa shape index (κ1) is 20.3. The fourth-order valence-corrected chi connectivity index (χ4v) is 3.15. The van der Waals surface area contributed by atoms with Crippen LogP contribution in [0, 0.1) is 13.8 Å². The molecule has 0 saturated carbocycles. The van der Waals surface area contributed by atoms with Crippen molar-refractivity contribution >= 4 is 11.8 Å². The normalized spacial score (nSPS) is 11.7. The molecular weight excluding hydrogens is 366 g/mol. The molecule has 0 bridgehead atoms. The summed E-state index contributed by atoms with van der Waals surface area (Å²) in [4.78, 5) is 27.2. The molecule has 6 nitrogen and oxygen atoms in total. The van der Waals surface area contributed by atoms with Gasteiger partial charge in [-0.2, -0.15) is 0 Å². The highest BCUT2D eigenvalue weighted by Crippen LogP contribution is 2.20. The molecule has 1 atom stereocenters. The van der Waals surface area contributed by atoms with Crippen LogP contribution in [0.25, 0.3) is 0 Å². The lowest BCUT2D eigenvalue weighted by molar-refractivity contribution is -0.130. The van der Waals surface area contributed by atoms with E-state index in [1.54, 1.807) is 24.1 Å². The van der Waals surface area contributed by atoms with Gasteiger partial charge in [-0.05, 0) is 31.5 Å². The third-order valence-corrected chi connectivity index (χ3v) is 4.92. The second-order valence-electron chi connectivity index (χ2n) is 7.06. The Morgan fingerprint density at radius 2 is 1.66 bits per heavy atom. The highest BCUT2D eigenvalue weighted by atomic mass is 16.5. The summed E-state index contributed by atoms with van der Waals surface area (Å²) in [6, 6.07) is 18.1. The lowest BCUT2D eigenvalue weighted by Crippen LogP contribution is -2.34. The van der Waals surface area contributed by atoms with E-state index in [0.29, 0.717) is 17.9 Å². The van der Waals surface area contributed by atoms with Crippen LogP contribution in [-0.2, 0) is 11.3 Å². The highest BCUT2D eigenvalue weighted by Gasteiger charge is 2.22.